The molecule has 4 heteroatoms. The van der Waals surface area contributed by atoms with Crippen molar-refractivity contribution < 1.29 is 9.53 Å². The summed E-state index contributed by atoms with van der Waals surface area (Å²) in [7, 11) is 0. The third-order valence-corrected chi connectivity index (χ3v) is 3.09. The summed E-state index contributed by atoms with van der Waals surface area (Å²) >= 11 is 0. The molecule has 0 spiro atoms. The van der Waals surface area contributed by atoms with Gasteiger partial charge in [0.25, 0.3) is 0 Å². The van der Waals surface area contributed by atoms with Crippen LogP contribution in [0.15, 0.2) is 24.3 Å². The number of rotatable bonds is 3. The number of ether oxygens (including phenoxy) is 1. The Labute approximate surface area is 101 Å². The summed E-state index contributed by atoms with van der Waals surface area (Å²) in [5.41, 5.74) is 0.321. The number of hydrogen-bond donors (Lipinski definition) is 2. The Morgan fingerprint density at radius 3 is 2.59 bits per heavy atom. The lowest BCUT2D eigenvalue weighted by molar-refractivity contribution is -0.128. The summed E-state index contributed by atoms with van der Waals surface area (Å²) in [6.45, 7) is 5.97. The molecule has 1 atom stereocenters. The number of carbonyl (C=O) groups is 1. The van der Waals surface area contributed by atoms with E-state index in [-0.39, 0.29) is 5.91 Å². The Hall–Kier alpha value is -1.55. The van der Waals surface area contributed by atoms with Crippen LogP contribution in [0.4, 0.5) is 0 Å². The fraction of sp³-hybridized carbons (Fsp3) is 0.462. The first-order chi connectivity index (χ1) is 8.16. The minimum absolute atomic E-state index is 0.0212. The molecule has 0 aromatic heterocycles. The summed E-state index contributed by atoms with van der Waals surface area (Å²) in [4.78, 5) is 11.9. The van der Waals surface area contributed by atoms with Gasteiger partial charge in [-0.05, 0) is 31.5 Å². The summed E-state index contributed by atoms with van der Waals surface area (Å²) in [5.74, 6) is 0.851. The molecule has 2 N–H and O–H groups in total. The highest BCUT2D eigenvalue weighted by molar-refractivity contribution is 5.88. The molecule has 1 heterocycles. The molecule has 17 heavy (non-hydrogen) atoms. The van der Waals surface area contributed by atoms with Gasteiger partial charge >= 0.3 is 0 Å². The van der Waals surface area contributed by atoms with E-state index in [2.05, 4.69) is 10.6 Å². The third-order valence-electron chi connectivity index (χ3n) is 3.09. The quantitative estimate of drug-likeness (QED) is 0.821. The Balaban J connectivity index is 2.23. The summed E-state index contributed by atoms with van der Waals surface area (Å²) in [5, 5.41) is 6.14. The summed E-state index contributed by atoms with van der Waals surface area (Å²) < 4.78 is 5.39. The Morgan fingerprint density at radius 2 is 2.00 bits per heavy atom. The lowest BCUT2D eigenvalue weighted by atomic mass is 9.89. The molecule has 1 aromatic rings. The zero-order chi connectivity index (χ0) is 12.3. The highest BCUT2D eigenvalue weighted by Gasteiger charge is 2.36. The molecular weight excluding hydrogens is 216 g/mol. The van der Waals surface area contributed by atoms with E-state index in [1.54, 1.807) is 0 Å². The highest BCUT2D eigenvalue weighted by Crippen LogP contribution is 2.24. The van der Waals surface area contributed by atoms with Crippen LogP contribution in [0.2, 0.25) is 0 Å². The molecule has 0 aliphatic carbocycles. The van der Waals surface area contributed by atoms with Crippen molar-refractivity contribution in [2.75, 3.05) is 19.7 Å². The highest BCUT2D eigenvalue weighted by atomic mass is 16.5. The van der Waals surface area contributed by atoms with E-state index in [1.165, 1.54) is 0 Å². The molecule has 4 nitrogen and oxygen atoms in total. The SMILES string of the molecule is CCOc1ccc(C2(C)NCCNC2=O)cc1. The van der Waals surface area contributed by atoms with E-state index < -0.39 is 5.54 Å². The van der Waals surface area contributed by atoms with Gasteiger partial charge in [0.05, 0.1) is 6.61 Å². The molecule has 1 saturated heterocycles. The van der Waals surface area contributed by atoms with E-state index in [0.717, 1.165) is 17.9 Å². The molecule has 1 aliphatic heterocycles. The van der Waals surface area contributed by atoms with Crippen molar-refractivity contribution in [3.8, 4) is 5.75 Å². The second-order valence-corrected chi connectivity index (χ2v) is 4.27. The molecule has 1 unspecified atom stereocenters. The first-order valence-corrected chi connectivity index (χ1v) is 5.93. The number of benzene rings is 1. The second-order valence-electron chi connectivity index (χ2n) is 4.27. The van der Waals surface area contributed by atoms with Crippen molar-refractivity contribution in [3.05, 3.63) is 29.8 Å². The van der Waals surface area contributed by atoms with Gasteiger partial charge in [-0.2, -0.15) is 0 Å². The largest absolute Gasteiger partial charge is 0.494 e. The van der Waals surface area contributed by atoms with E-state index in [1.807, 2.05) is 38.1 Å². The topological polar surface area (TPSA) is 50.4 Å². The average molecular weight is 234 g/mol. The number of piperazine rings is 1. The molecule has 1 amide bonds. The summed E-state index contributed by atoms with van der Waals surface area (Å²) in [6, 6.07) is 7.66. The van der Waals surface area contributed by atoms with Gasteiger partial charge in [-0.25, -0.2) is 0 Å². The van der Waals surface area contributed by atoms with E-state index in [9.17, 15) is 4.79 Å². The van der Waals surface area contributed by atoms with Crippen molar-refractivity contribution in [1.82, 2.24) is 10.6 Å². The van der Waals surface area contributed by atoms with E-state index in [4.69, 9.17) is 4.74 Å². The van der Waals surface area contributed by atoms with Crippen molar-refractivity contribution in [1.29, 1.82) is 0 Å². The van der Waals surface area contributed by atoms with Crippen LogP contribution in [-0.2, 0) is 10.3 Å². The number of hydrogen-bond acceptors (Lipinski definition) is 3. The van der Waals surface area contributed by atoms with Gasteiger partial charge in [-0.1, -0.05) is 12.1 Å². The lowest BCUT2D eigenvalue weighted by Crippen LogP contribution is -2.59. The maximum absolute atomic E-state index is 11.9. The van der Waals surface area contributed by atoms with Crippen LogP contribution in [-0.4, -0.2) is 25.6 Å². The Kier molecular flexibility index (Phi) is 3.33. The van der Waals surface area contributed by atoms with Crippen molar-refractivity contribution in [2.45, 2.75) is 19.4 Å². The van der Waals surface area contributed by atoms with Crippen LogP contribution >= 0.6 is 0 Å². The lowest BCUT2D eigenvalue weighted by Gasteiger charge is -2.34. The average Bonchev–Trinajstić information content (AvgIpc) is 2.34. The van der Waals surface area contributed by atoms with Crippen LogP contribution in [0.1, 0.15) is 19.4 Å². The molecule has 0 saturated carbocycles. The van der Waals surface area contributed by atoms with Gasteiger partial charge < -0.3 is 10.1 Å². The van der Waals surface area contributed by atoms with Crippen LogP contribution < -0.4 is 15.4 Å². The zero-order valence-electron chi connectivity index (χ0n) is 10.2. The fourth-order valence-corrected chi connectivity index (χ4v) is 2.03. The van der Waals surface area contributed by atoms with E-state index >= 15 is 0 Å². The Morgan fingerprint density at radius 1 is 1.29 bits per heavy atom. The number of carbonyl (C=O) groups excluding carboxylic acids is 1. The van der Waals surface area contributed by atoms with Gasteiger partial charge in [0, 0.05) is 13.1 Å². The maximum atomic E-state index is 11.9. The van der Waals surface area contributed by atoms with E-state index in [0.29, 0.717) is 13.2 Å². The molecule has 92 valence electrons. The molecule has 0 bridgehead atoms. The van der Waals surface area contributed by atoms with Gasteiger partial charge in [-0.3, -0.25) is 10.1 Å². The van der Waals surface area contributed by atoms with Crippen LogP contribution in [0.5, 0.6) is 5.75 Å². The monoisotopic (exact) mass is 234 g/mol. The molecule has 1 aromatic carbocycles. The summed E-state index contributed by atoms with van der Waals surface area (Å²) in [6.07, 6.45) is 0. The molecular formula is C13H18N2O2. The Bertz CT molecular complexity index is 402. The molecule has 1 fully saturated rings. The van der Waals surface area contributed by atoms with Gasteiger partial charge in [0.15, 0.2) is 0 Å². The van der Waals surface area contributed by atoms with Crippen molar-refractivity contribution in [3.63, 3.8) is 0 Å². The second kappa shape index (κ2) is 4.75. The molecule has 2 rings (SSSR count). The first kappa shape index (κ1) is 11.9. The fourth-order valence-electron chi connectivity index (χ4n) is 2.03. The standard InChI is InChI=1S/C13H18N2O2/c1-3-17-11-6-4-10(5-7-11)13(2)12(16)14-8-9-15-13/h4-7,15H,3,8-9H2,1-2H3,(H,14,16). The van der Waals surface area contributed by atoms with Crippen molar-refractivity contribution in [2.24, 2.45) is 0 Å². The minimum atomic E-state index is -0.636. The normalized spacial score (nSPS) is 24.2. The van der Waals surface area contributed by atoms with Crippen LogP contribution in [0.3, 0.4) is 0 Å². The van der Waals surface area contributed by atoms with Gasteiger partial charge in [-0.15, -0.1) is 0 Å². The predicted molar refractivity (Wildman–Crippen MR) is 66.0 cm³/mol. The number of amides is 1. The zero-order valence-corrected chi connectivity index (χ0v) is 10.2. The van der Waals surface area contributed by atoms with Crippen LogP contribution in [0, 0.1) is 0 Å². The molecule has 1 aliphatic rings. The maximum Gasteiger partial charge on any atom is 0.244 e. The first-order valence-electron chi connectivity index (χ1n) is 5.93. The third kappa shape index (κ3) is 2.26. The predicted octanol–water partition coefficient (Wildman–Crippen LogP) is 1.02. The molecule has 0 radical (unpaired) electrons. The minimum Gasteiger partial charge on any atom is -0.494 e. The van der Waals surface area contributed by atoms with Gasteiger partial charge in [0.1, 0.15) is 11.3 Å². The van der Waals surface area contributed by atoms with Crippen LogP contribution in [0.25, 0.3) is 0 Å². The van der Waals surface area contributed by atoms with Crippen molar-refractivity contribution >= 4 is 5.91 Å². The van der Waals surface area contributed by atoms with Gasteiger partial charge in [0.2, 0.25) is 5.91 Å². The number of nitrogens with one attached hydrogen (secondary N) is 2. The smallest absolute Gasteiger partial charge is 0.244 e.